The van der Waals surface area contributed by atoms with Crippen molar-refractivity contribution >= 4 is 41.0 Å². The lowest BCUT2D eigenvalue weighted by atomic mass is 10.1. The molecule has 224 valence electrons. The summed E-state index contributed by atoms with van der Waals surface area (Å²) in [4.78, 5) is 67.4. The second-order valence-electron chi connectivity index (χ2n) is 9.67. The number of anilines is 1. The smallest absolute Gasteiger partial charge is 0.269 e. The highest BCUT2D eigenvalue weighted by Gasteiger charge is 2.36. The monoisotopic (exact) mass is 581 g/mol. The van der Waals surface area contributed by atoms with E-state index >= 15 is 0 Å². The number of nitrogens with two attached hydrogens (primary N) is 3. The van der Waals surface area contributed by atoms with E-state index in [0.29, 0.717) is 42.6 Å². The van der Waals surface area contributed by atoms with Gasteiger partial charge in [0.2, 0.25) is 17.7 Å². The highest BCUT2D eigenvalue weighted by molar-refractivity contribution is 6.02. The van der Waals surface area contributed by atoms with Gasteiger partial charge in [0.1, 0.15) is 12.1 Å². The van der Waals surface area contributed by atoms with E-state index in [1.165, 1.54) is 29.2 Å². The van der Waals surface area contributed by atoms with Crippen LogP contribution in [0.2, 0.25) is 0 Å². The fourth-order valence-corrected chi connectivity index (χ4v) is 4.46. The van der Waals surface area contributed by atoms with Crippen LogP contribution in [0.4, 0.5) is 11.4 Å². The van der Waals surface area contributed by atoms with Gasteiger partial charge in [0.05, 0.1) is 17.0 Å². The van der Waals surface area contributed by atoms with Crippen LogP contribution in [0.5, 0.6) is 0 Å². The van der Waals surface area contributed by atoms with E-state index in [9.17, 15) is 29.3 Å². The van der Waals surface area contributed by atoms with Crippen molar-refractivity contribution in [2.75, 3.05) is 25.4 Å². The minimum Gasteiger partial charge on any atom is -0.398 e. The molecule has 1 aliphatic rings. The molecular formula is C27H35N9O6. The van der Waals surface area contributed by atoms with E-state index in [2.05, 4.69) is 20.9 Å². The van der Waals surface area contributed by atoms with Crippen LogP contribution < -0.4 is 33.2 Å². The van der Waals surface area contributed by atoms with Gasteiger partial charge in [-0.15, -0.1) is 0 Å². The Morgan fingerprint density at radius 1 is 1.07 bits per heavy atom. The van der Waals surface area contributed by atoms with Crippen LogP contribution >= 0.6 is 0 Å². The Morgan fingerprint density at radius 3 is 2.45 bits per heavy atom. The highest BCUT2D eigenvalue weighted by Crippen LogP contribution is 2.23. The summed E-state index contributed by atoms with van der Waals surface area (Å²) in [6, 6.07) is 10.5. The van der Waals surface area contributed by atoms with Crippen LogP contribution in [0.25, 0.3) is 0 Å². The molecule has 15 heteroatoms. The topological polar surface area (TPSA) is 241 Å². The van der Waals surface area contributed by atoms with E-state index in [1.54, 1.807) is 24.3 Å². The number of non-ortho nitro benzene ring substituents is 1. The fraction of sp³-hybridized carbons (Fsp3) is 0.370. The number of carbonyl (C=O) groups is 4. The van der Waals surface area contributed by atoms with E-state index in [1.807, 2.05) is 0 Å². The Morgan fingerprint density at radius 2 is 1.79 bits per heavy atom. The van der Waals surface area contributed by atoms with Crippen molar-refractivity contribution in [2.45, 2.75) is 44.3 Å². The SMILES string of the molecule is NC(N)=NCCC[C@H](NC(=O)[C@H]1CCCN1C(=O)c1ccccc1N)C(=O)NCC(=O)NCc1ccc([N+](=O)[O-])cc1. The number of amides is 4. The molecule has 9 N–H and O–H groups in total. The van der Waals surface area contributed by atoms with Gasteiger partial charge in [0, 0.05) is 37.5 Å². The summed E-state index contributed by atoms with van der Waals surface area (Å²) in [5.41, 5.74) is 17.9. The number of nitro benzene ring substituents is 1. The van der Waals surface area contributed by atoms with Crippen LogP contribution in [0.1, 0.15) is 41.6 Å². The number of hydrogen-bond acceptors (Lipinski definition) is 8. The number of carbonyl (C=O) groups excluding carboxylic acids is 4. The average Bonchev–Trinajstić information content (AvgIpc) is 3.46. The predicted octanol–water partition coefficient (Wildman–Crippen LogP) is -0.247. The molecule has 1 fully saturated rings. The van der Waals surface area contributed by atoms with E-state index in [-0.39, 0.29) is 43.6 Å². The summed E-state index contributed by atoms with van der Waals surface area (Å²) in [6.45, 7) is 0.316. The van der Waals surface area contributed by atoms with Gasteiger partial charge in [-0.1, -0.05) is 24.3 Å². The van der Waals surface area contributed by atoms with E-state index < -0.39 is 34.7 Å². The molecule has 1 saturated heterocycles. The molecule has 4 amide bonds. The van der Waals surface area contributed by atoms with Gasteiger partial charge in [-0.25, -0.2) is 0 Å². The van der Waals surface area contributed by atoms with Crippen molar-refractivity contribution in [2.24, 2.45) is 16.5 Å². The first-order valence-electron chi connectivity index (χ1n) is 13.4. The first kappa shape index (κ1) is 31.3. The molecule has 42 heavy (non-hydrogen) atoms. The first-order chi connectivity index (χ1) is 20.1. The van der Waals surface area contributed by atoms with E-state index in [0.717, 1.165) is 0 Å². The quantitative estimate of drug-likeness (QED) is 0.0456. The zero-order valence-corrected chi connectivity index (χ0v) is 23.0. The fourth-order valence-electron chi connectivity index (χ4n) is 4.46. The lowest BCUT2D eigenvalue weighted by molar-refractivity contribution is -0.384. The maximum atomic E-state index is 13.3. The molecule has 1 heterocycles. The molecule has 0 radical (unpaired) electrons. The minimum atomic E-state index is -1.02. The average molecular weight is 582 g/mol. The van der Waals surface area contributed by atoms with Crippen molar-refractivity contribution < 1.29 is 24.1 Å². The van der Waals surface area contributed by atoms with Crippen LogP contribution in [0.15, 0.2) is 53.5 Å². The molecule has 2 aromatic carbocycles. The number of benzene rings is 2. The van der Waals surface area contributed by atoms with Gasteiger partial charge in [-0.3, -0.25) is 34.3 Å². The normalized spacial score (nSPS) is 14.9. The molecule has 2 atom stereocenters. The third kappa shape index (κ3) is 8.90. The molecule has 3 rings (SSSR count). The standard InChI is InChI=1S/C27H35N9O6/c28-20-6-2-1-5-19(20)26(40)35-14-4-8-22(35)25(39)34-21(7-3-13-31-27(29)30)24(38)33-16-23(37)32-15-17-9-11-18(12-10-17)36(41)42/h1-2,5-6,9-12,21-22H,3-4,7-8,13-16,28H2,(H,32,37)(H,33,38)(H,34,39)(H4,29,30,31)/t21-,22+/m0/s1. The van der Waals surface area contributed by atoms with Gasteiger partial charge >= 0.3 is 0 Å². The molecule has 2 aromatic rings. The molecule has 0 spiro atoms. The van der Waals surface area contributed by atoms with Gasteiger partial charge in [0.25, 0.3) is 11.6 Å². The third-order valence-corrected chi connectivity index (χ3v) is 6.65. The van der Waals surface area contributed by atoms with Crippen molar-refractivity contribution in [3.05, 3.63) is 69.8 Å². The summed E-state index contributed by atoms with van der Waals surface area (Å²) in [5.74, 6) is -2.07. The second kappa shape index (κ2) is 15.0. The maximum absolute atomic E-state index is 13.3. The lowest BCUT2D eigenvalue weighted by Gasteiger charge is -2.26. The third-order valence-electron chi connectivity index (χ3n) is 6.65. The summed E-state index contributed by atoms with van der Waals surface area (Å²) in [6.07, 6.45) is 1.55. The zero-order chi connectivity index (χ0) is 30.6. The minimum absolute atomic E-state index is 0.0699. The number of hydrogen-bond donors (Lipinski definition) is 6. The highest BCUT2D eigenvalue weighted by atomic mass is 16.6. The molecular weight excluding hydrogens is 546 g/mol. The number of nitrogens with zero attached hydrogens (tertiary/aromatic N) is 3. The Hall–Kier alpha value is -5.21. The molecule has 0 unspecified atom stereocenters. The van der Waals surface area contributed by atoms with Crippen LogP contribution in [-0.4, -0.2) is 71.1 Å². The van der Waals surface area contributed by atoms with Gasteiger partial charge in [-0.2, -0.15) is 0 Å². The Kier molecular flexibility index (Phi) is 11.2. The summed E-state index contributed by atoms with van der Waals surface area (Å²) >= 11 is 0. The van der Waals surface area contributed by atoms with Crippen molar-refractivity contribution in [3.63, 3.8) is 0 Å². The van der Waals surface area contributed by atoms with Gasteiger partial charge in [-0.05, 0) is 43.4 Å². The summed E-state index contributed by atoms with van der Waals surface area (Å²) in [7, 11) is 0. The van der Waals surface area contributed by atoms with Crippen molar-refractivity contribution in [1.82, 2.24) is 20.9 Å². The van der Waals surface area contributed by atoms with Crippen LogP contribution in [0, 0.1) is 10.1 Å². The largest absolute Gasteiger partial charge is 0.398 e. The number of rotatable bonds is 13. The Bertz CT molecular complexity index is 1330. The summed E-state index contributed by atoms with van der Waals surface area (Å²) < 4.78 is 0. The van der Waals surface area contributed by atoms with Crippen LogP contribution in [0.3, 0.4) is 0 Å². The maximum Gasteiger partial charge on any atom is 0.269 e. The Labute approximate surface area is 242 Å². The van der Waals surface area contributed by atoms with Crippen LogP contribution in [-0.2, 0) is 20.9 Å². The van der Waals surface area contributed by atoms with Crippen molar-refractivity contribution in [3.8, 4) is 0 Å². The Balaban J connectivity index is 1.59. The molecule has 0 saturated carbocycles. The molecule has 1 aliphatic heterocycles. The number of para-hydroxylation sites is 1. The van der Waals surface area contributed by atoms with Gasteiger partial charge in [0.15, 0.2) is 5.96 Å². The van der Waals surface area contributed by atoms with Crippen molar-refractivity contribution in [1.29, 1.82) is 0 Å². The molecule has 0 aromatic heterocycles. The molecule has 15 nitrogen and oxygen atoms in total. The van der Waals surface area contributed by atoms with Gasteiger partial charge < -0.3 is 38.1 Å². The number of guanidine groups is 1. The number of aliphatic imine (C=N–C) groups is 1. The number of nitrogen functional groups attached to an aromatic ring is 1. The number of nitrogens with one attached hydrogen (secondary N) is 3. The predicted molar refractivity (Wildman–Crippen MR) is 155 cm³/mol. The lowest BCUT2D eigenvalue weighted by Crippen LogP contribution is -2.54. The summed E-state index contributed by atoms with van der Waals surface area (Å²) in [5, 5.41) is 18.6. The first-order valence-corrected chi connectivity index (χ1v) is 13.4. The number of likely N-dealkylation sites (tertiary alicyclic amines) is 1. The second-order valence-corrected chi connectivity index (χ2v) is 9.67. The number of nitro groups is 1. The zero-order valence-electron chi connectivity index (χ0n) is 23.0. The molecule has 0 aliphatic carbocycles. The molecule has 0 bridgehead atoms. The van der Waals surface area contributed by atoms with E-state index in [4.69, 9.17) is 17.2 Å².